The first-order valence-corrected chi connectivity index (χ1v) is 8.06. The molecular weight excluding hydrogens is 326 g/mol. The Labute approximate surface area is 135 Å². The van der Waals surface area contributed by atoms with Crippen molar-refractivity contribution in [1.82, 2.24) is 0 Å². The summed E-state index contributed by atoms with van der Waals surface area (Å²) in [6, 6.07) is 16.9. The van der Waals surface area contributed by atoms with Crippen LogP contribution in [-0.2, 0) is 6.54 Å². The van der Waals surface area contributed by atoms with Crippen LogP contribution in [0.15, 0.2) is 53.0 Å². The van der Waals surface area contributed by atoms with Gasteiger partial charge in [-0.05, 0) is 44.5 Å². The predicted molar refractivity (Wildman–Crippen MR) is 92.5 cm³/mol. The third kappa shape index (κ3) is 4.08. The highest BCUT2D eigenvalue weighted by Gasteiger charge is 2.17. The molecule has 0 aliphatic rings. The number of anilines is 1. The van der Waals surface area contributed by atoms with E-state index in [0.717, 1.165) is 22.3 Å². The number of aliphatic hydroxyl groups excluding tert-OH is 1. The molecule has 112 valence electrons. The molecule has 0 saturated heterocycles. The van der Waals surface area contributed by atoms with Crippen molar-refractivity contribution in [2.45, 2.75) is 39.5 Å². The molecule has 0 bridgehead atoms. The van der Waals surface area contributed by atoms with Gasteiger partial charge in [0.1, 0.15) is 0 Å². The highest BCUT2D eigenvalue weighted by Crippen LogP contribution is 2.31. The molecule has 2 nitrogen and oxygen atoms in total. The maximum Gasteiger partial charge on any atom is 0.0782 e. The largest absolute Gasteiger partial charge is 0.389 e. The summed E-state index contributed by atoms with van der Waals surface area (Å²) in [6.45, 7) is 7.00. The van der Waals surface area contributed by atoms with Gasteiger partial charge in [-0.15, -0.1) is 0 Å². The van der Waals surface area contributed by atoms with Crippen molar-refractivity contribution in [3.63, 3.8) is 0 Å². The maximum absolute atomic E-state index is 10.1. The molecule has 0 aliphatic heterocycles. The summed E-state index contributed by atoms with van der Waals surface area (Å²) in [6.07, 6.45) is -0.491. The Hall–Kier alpha value is -1.32. The third-order valence-electron chi connectivity index (χ3n) is 3.57. The van der Waals surface area contributed by atoms with Crippen molar-refractivity contribution in [1.29, 1.82) is 0 Å². The Bertz CT molecular complexity index is 581. The lowest BCUT2D eigenvalue weighted by atomic mass is 10.0. The average molecular weight is 348 g/mol. The number of halogens is 1. The molecule has 1 N–H and O–H groups in total. The molecule has 1 unspecified atom stereocenters. The van der Waals surface area contributed by atoms with Gasteiger partial charge < -0.3 is 10.0 Å². The average Bonchev–Trinajstić information content (AvgIpc) is 2.46. The molecule has 1 atom stereocenters. The summed E-state index contributed by atoms with van der Waals surface area (Å²) in [5.41, 5.74) is 3.31. The van der Waals surface area contributed by atoms with Crippen LogP contribution in [0.3, 0.4) is 0 Å². The van der Waals surface area contributed by atoms with E-state index in [4.69, 9.17) is 0 Å². The van der Waals surface area contributed by atoms with Gasteiger partial charge in [-0.2, -0.15) is 0 Å². The van der Waals surface area contributed by atoms with Gasteiger partial charge in [-0.3, -0.25) is 0 Å². The Kier molecular flexibility index (Phi) is 5.43. The number of hydrogen-bond acceptors (Lipinski definition) is 2. The van der Waals surface area contributed by atoms with E-state index in [1.54, 1.807) is 0 Å². The van der Waals surface area contributed by atoms with Gasteiger partial charge in [0.15, 0.2) is 0 Å². The SMILES string of the molecule is CC(O)c1cc(Br)ccc1N(Cc1ccccc1)C(C)C. The molecular formula is C18H22BrNO. The van der Waals surface area contributed by atoms with Crippen molar-refractivity contribution < 1.29 is 5.11 Å². The molecule has 0 spiro atoms. The smallest absolute Gasteiger partial charge is 0.0782 e. The number of benzene rings is 2. The Balaban J connectivity index is 2.39. The molecule has 0 fully saturated rings. The van der Waals surface area contributed by atoms with Gasteiger partial charge in [0.2, 0.25) is 0 Å². The van der Waals surface area contributed by atoms with Crippen LogP contribution >= 0.6 is 15.9 Å². The van der Waals surface area contributed by atoms with Crippen LogP contribution in [0.1, 0.15) is 38.0 Å². The minimum Gasteiger partial charge on any atom is -0.389 e. The lowest BCUT2D eigenvalue weighted by Crippen LogP contribution is -2.31. The first-order chi connectivity index (χ1) is 9.99. The lowest BCUT2D eigenvalue weighted by molar-refractivity contribution is 0.199. The molecule has 2 rings (SSSR count). The minimum atomic E-state index is -0.491. The molecule has 21 heavy (non-hydrogen) atoms. The second kappa shape index (κ2) is 7.10. The zero-order valence-corrected chi connectivity index (χ0v) is 14.3. The van der Waals surface area contributed by atoms with Crippen LogP contribution in [0.4, 0.5) is 5.69 Å². The normalized spacial score (nSPS) is 12.5. The Morgan fingerprint density at radius 1 is 1.05 bits per heavy atom. The number of hydrogen-bond donors (Lipinski definition) is 1. The number of rotatable bonds is 5. The summed E-state index contributed by atoms with van der Waals surface area (Å²) in [5.74, 6) is 0. The highest BCUT2D eigenvalue weighted by atomic mass is 79.9. The molecule has 0 amide bonds. The van der Waals surface area contributed by atoms with Crippen molar-refractivity contribution >= 4 is 21.6 Å². The van der Waals surface area contributed by atoms with Gasteiger partial charge in [-0.25, -0.2) is 0 Å². The van der Waals surface area contributed by atoms with Gasteiger partial charge in [0, 0.05) is 28.3 Å². The van der Waals surface area contributed by atoms with Crippen molar-refractivity contribution in [3.05, 3.63) is 64.1 Å². The molecule has 0 saturated carbocycles. The second-order valence-electron chi connectivity index (χ2n) is 5.59. The molecule has 0 radical (unpaired) electrons. The van der Waals surface area contributed by atoms with E-state index in [9.17, 15) is 5.11 Å². The van der Waals surface area contributed by atoms with Crippen molar-refractivity contribution in [2.75, 3.05) is 4.90 Å². The highest BCUT2D eigenvalue weighted by molar-refractivity contribution is 9.10. The third-order valence-corrected chi connectivity index (χ3v) is 4.06. The number of nitrogens with zero attached hydrogens (tertiary/aromatic N) is 1. The van der Waals surface area contributed by atoms with Crippen LogP contribution in [0.2, 0.25) is 0 Å². The van der Waals surface area contributed by atoms with Crippen LogP contribution in [0, 0.1) is 0 Å². The first-order valence-electron chi connectivity index (χ1n) is 7.27. The zero-order valence-electron chi connectivity index (χ0n) is 12.8. The van der Waals surface area contributed by atoms with E-state index in [0.29, 0.717) is 6.04 Å². The minimum absolute atomic E-state index is 0.351. The van der Waals surface area contributed by atoms with E-state index < -0.39 is 6.10 Å². The summed E-state index contributed by atoms with van der Waals surface area (Å²) in [4.78, 5) is 2.32. The maximum atomic E-state index is 10.1. The Morgan fingerprint density at radius 2 is 1.71 bits per heavy atom. The predicted octanol–water partition coefficient (Wildman–Crippen LogP) is 4.92. The standard InChI is InChI=1S/C18H22BrNO/c1-13(2)20(12-15-7-5-4-6-8-15)18-10-9-16(19)11-17(18)14(3)21/h4-11,13-14,21H,12H2,1-3H3. The first kappa shape index (κ1) is 16.1. The van der Waals surface area contributed by atoms with Crippen molar-refractivity contribution in [3.8, 4) is 0 Å². The molecule has 0 aliphatic carbocycles. The Morgan fingerprint density at radius 3 is 2.29 bits per heavy atom. The summed E-state index contributed by atoms with van der Waals surface area (Å²) in [5, 5.41) is 10.1. The van der Waals surface area contributed by atoms with E-state index in [1.807, 2.05) is 25.1 Å². The van der Waals surface area contributed by atoms with Crippen LogP contribution in [0.25, 0.3) is 0 Å². The summed E-state index contributed by atoms with van der Waals surface area (Å²) >= 11 is 3.49. The van der Waals surface area contributed by atoms with E-state index >= 15 is 0 Å². The monoisotopic (exact) mass is 347 g/mol. The molecule has 2 aromatic rings. The topological polar surface area (TPSA) is 23.5 Å². The van der Waals surface area contributed by atoms with Crippen LogP contribution < -0.4 is 4.90 Å². The fraction of sp³-hybridized carbons (Fsp3) is 0.333. The fourth-order valence-electron chi connectivity index (χ4n) is 2.45. The lowest BCUT2D eigenvalue weighted by Gasteiger charge is -2.32. The molecule has 0 aromatic heterocycles. The number of aliphatic hydroxyl groups is 1. The van der Waals surface area contributed by atoms with Crippen molar-refractivity contribution in [2.24, 2.45) is 0 Å². The quantitative estimate of drug-likeness (QED) is 0.829. The van der Waals surface area contributed by atoms with Gasteiger partial charge in [0.25, 0.3) is 0 Å². The van der Waals surface area contributed by atoms with Crippen LogP contribution in [0.5, 0.6) is 0 Å². The zero-order chi connectivity index (χ0) is 15.4. The molecule has 3 heteroatoms. The summed E-state index contributed by atoms with van der Waals surface area (Å²) < 4.78 is 0.991. The fourth-order valence-corrected chi connectivity index (χ4v) is 2.83. The van der Waals surface area contributed by atoms with E-state index in [2.05, 4.69) is 65.0 Å². The van der Waals surface area contributed by atoms with Gasteiger partial charge in [-0.1, -0.05) is 46.3 Å². The van der Waals surface area contributed by atoms with Gasteiger partial charge in [0.05, 0.1) is 6.10 Å². The van der Waals surface area contributed by atoms with Crippen LogP contribution in [-0.4, -0.2) is 11.1 Å². The van der Waals surface area contributed by atoms with E-state index in [-0.39, 0.29) is 0 Å². The molecule has 0 heterocycles. The van der Waals surface area contributed by atoms with E-state index in [1.165, 1.54) is 5.56 Å². The summed E-state index contributed by atoms with van der Waals surface area (Å²) in [7, 11) is 0. The molecule has 2 aromatic carbocycles. The second-order valence-corrected chi connectivity index (χ2v) is 6.50. The van der Waals surface area contributed by atoms with Gasteiger partial charge >= 0.3 is 0 Å².